The quantitative estimate of drug-likeness (QED) is 0.904. The summed E-state index contributed by atoms with van der Waals surface area (Å²) in [7, 11) is 2.00. The molecule has 0 spiro atoms. The van der Waals surface area contributed by atoms with Gasteiger partial charge in [-0.05, 0) is 38.9 Å². The highest BCUT2D eigenvalue weighted by Gasteiger charge is 2.28. The fourth-order valence-corrected chi connectivity index (χ4v) is 2.94. The molecule has 1 saturated heterocycles. The van der Waals surface area contributed by atoms with E-state index >= 15 is 0 Å². The van der Waals surface area contributed by atoms with Gasteiger partial charge in [-0.2, -0.15) is 0 Å². The van der Waals surface area contributed by atoms with Gasteiger partial charge in [-0.15, -0.1) is 0 Å². The molecule has 1 aliphatic rings. The molecule has 112 valence electrons. The minimum atomic E-state index is 0.215. The van der Waals surface area contributed by atoms with E-state index in [0.717, 1.165) is 31.1 Å². The first-order valence-electron chi connectivity index (χ1n) is 7.38. The number of morpholine rings is 1. The molecule has 20 heavy (non-hydrogen) atoms. The zero-order valence-electron chi connectivity index (χ0n) is 12.6. The molecule has 2 atom stereocenters. The molecule has 1 aromatic carbocycles. The van der Waals surface area contributed by atoms with Gasteiger partial charge in [0.2, 0.25) is 0 Å². The van der Waals surface area contributed by atoms with Crippen molar-refractivity contribution in [2.75, 3.05) is 26.7 Å². The first-order chi connectivity index (χ1) is 9.61. The normalized spacial score (nSPS) is 22.1. The van der Waals surface area contributed by atoms with Crippen LogP contribution in [0.1, 0.15) is 19.4 Å². The van der Waals surface area contributed by atoms with E-state index < -0.39 is 0 Å². The lowest BCUT2D eigenvalue weighted by Gasteiger charge is -2.39. The first kappa shape index (κ1) is 15.8. The summed E-state index contributed by atoms with van der Waals surface area (Å²) < 4.78 is 5.98. The molecule has 2 rings (SSSR count). The molecule has 0 amide bonds. The zero-order valence-corrected chi connectivity index (χ0v) is 13.4. The van der Waals surface area contributed by atoms with Crippen molar-refractivity contribution in [1.82, 2.24) is 10.2 Å². The molecule has 0 bridgehead atoms. The van der Waals surface area contributed by atoms with Gasteiger partial charge in [0.25, 0.3) is 0 Å². The maximum atomic E-state index is 6.26. The second-order valence-electron chi connectivity index (χ2n) is 5.69. The molecule has 0 radical (unpaired) electrons. The molecule has 4 heteroatoms. The van der Waals surface area contributed by atoms with Crippen LogP contribution in [0, 0.1) is 0 Å². The second-order valence-corrected chi connectivity index (χ2v) is 6.10. The Morgan fingerprint density at radius 1 is 1.40 bits per heavy atom. The molecule has 2 unspecified atom stereocenters. The molecule has 1 aliphatic heterocycles. The smallest absolute Gasteiger partial charge is 0.0858 e. The second kappa shape index (κ2) is 7.41. The van der Waals surface area contributed by atoms with Crippen LogP contribution in [0.3, 0.4) is 0 Å². The van der Waals surface area contributed by atoms with E-state index in [4.69, 9.17) is 16.3 Å². The van der Waals surface area contributed by atoms with Gasteiger partial charge in [0.1, 0.15) is 0 Å². The zero-order chi connectivity index (χ0) is 14.5. The number of hydrogen-bond acceptors (Lipinski definition) is 3. The third-order valence-corrected chi connectivity index (χ3v) is 4.44. The Hall–Kier alpha value is -0.610. The summed E-state index contributed by atoms with van der Waals surface area (Å²) in [5.41, 5.74) is 1.18. The lowest BCUT2D eigenvalue weighted by Crippen LogP contribution is -2.53. The number of nitrogens with one attached hydrogen (secondary N) is 1. The number of halogens is 1. The van der Waals surface area contributed by atoms with Crippen molar-refractivity contribution in [1.29, 1.82) is 0 Å². The van der Waals surface area contributed by atoms with Crippen LogP contribution in [0.5, 0.6) is 0 Å². The van der Waals surface area contributed by atoms with Gasteiger partial charge in [-0.3, -0.25) is 4.90 Å². The highest BCUT2D eigenvalue weighted by Crippen LogP contribution is 2.20. The van der Waals surface area contributed by atoms with Crippen molar-refractivity contribution in [3.05, 3.63) is 34.9 Å². The first-order valence-corrected chi connectivity index (χ1v) is 7.76. The van der Waals surface area contributed by atoms with E-state index in [1.807, 2.05) is 25.2 Å². The van der Waals surface area contributed by atoms with Gasteiger partial charge in [0.05, 0.1) is 12.7 Å². The fourth-order valence-electron chi connectivity index (χ4n) is 2.73. The predicted molar refractivity (Wildman–Crippen MR) is 84.5 cm³/mol. The van der Waals surface area contributed by atoms with Gasteiger partial charge < -0.3 is 10.1 Å². The molecular weight excluding hydrogens is 272 g/mol. The highest BCUT2D eigenvalue weighted by molar-refractivity contribution is 6.31. The van der Waals surface area contributed by atoms with Crippen molar-refractivity contribution in [2.45, 2.75) is 38.5 Å². The minimum Gasteiger partial charge on any atom is -0.374 e. The molecule has 1 heterocycles. The summed E-state index contributed by atoms with van der Waals surface area (Å²) in [6.45, 7) is 7.30. The Balaban J connectivity index is 2.03. The maximum absolute atomic E-state index is 6.26. The van der Waals surface area contributed by atoms with Crippen LogP contribution in [0.15, 0.2) is 24.3 Å². The van der Waals surface area contributed by atoms with Crippen molar-refractivity contribution in [2.24, 2.45) is 0 Å². The largest absolute Gasteiger partial charge is 0.374 e. The molecule has 1 fully saturated rings. The number of nitrogens with zero attached hydrogens (tertiary/aromatic N) is 1. The Labute approximate surface area is 127 Å². The summed E-state index contributed by atoms with van der Waals surface area (Å²) in [4.78, 5) is 2.48. The lowest BCUT2D eigenvalue weighted by molar-refractivity contribution is -0.0541. The third kappa shape index (κ3) is 3.95. The predicted octanol–water partition coefficient (Wildman–Crippen LogP) is 2.58. The van der Waals surface area contributed by atoms with Crippen LogP contribution in [0.2, 0.25) is 5.02 Å². The van der Waals surface area contributed by atoms with E-state index in [1.165, 1.54) is 5.56 Å². The summed E-state index contributed by atoms with van der Waals surface area (Å²) in [5, 5.41) is 4.23. The van der Waals surface area contributed by atoms with Gasteiger partial charge in [0, 0.05) is 30.2 Å². The van der Waals surface area contributed by atoms with E-state index in [2.05, 4.69) is 30.1 Å². The van der Waals surface area contributed by atoms with Gasteiger partial charge in [-0.25, -0.2) is 0 Å². The van der Waals surface area contributed by atoms with E-state index in [0.29, 0.717) is 6.04 Å². The monoisotopic (exact) mass is 296 g/mol. The summed E-state index contributed by atoms with van der Waals surface area (Å²) in [5.74, 6) is 0. The number of likely N-dealkylation sites (N-methyl/N-ethyl adjacent to an activating group) is 1. The van der Waals surface area contributed by atoms with E-state index in [1.54, 1.807) is 0 Å². The Kier molecular flexibility index (Phi) is 5.85. The Morgan fingerprint density at radius 2 is 2.15 bits per heavy atom. The summed E-state index contributed by atoms with van der Waals surface area (Å²) in [6.07, 6.45) is 1.11. The number of rotatable bonds is 5. The third-order valence-electron chi connectivity index (χ3n) is 4.07. The van der Waals surface area contributed by atoms with Gasteiger partial charge in [-0.1, -0.05) is 29.8 Å². The lowest BCUT2D eigenvalue weighted by atomic mass is 9.99. The fraction of sp³-hybridized carbons (Fsp3) is 0.625. The SMILES string of the molecule is CNC(Cc1ccccc1Cl)C1CN(C(C)C)CCO1. The van der Waals surface area contributed by atoms with Crippen LogP contribution in [-0.4, -0.2) is 49.8 Å². The summed E-state index contributed by atoms with van der Waals surface area (Å²) >= 11 is 6.26. The Bertz CT molecular complexity index is 425. The van der Waals surface area contributed by atoms with Crippen LogP contribution >= 0.6 is 11.6 Å². The molecule has 1 N–H and O–H groups in total. The van der Waals surface area contributed by atoms with Crippen molar-refractivity contribution >= 4 is 11.6 Å². The van der Waals surface area contributed by atoms with Crippen LogP contribution in [0.4, 0.5) is 0 Å². The van der Waals surface area contributed by atoms with E-state index in [9.17, 15) is 0 Å². The Morgan fingerprint density at radius 3 is 2.80 bits per heavy atom. The van der Waals surface area contributed by atoms with Crippen LogP contribution in [-0.2, 0) is 11.2 Å². The molecule has 0 aliphatic carbocycles. The summed E-state index contributed by atoms with van der Waals surface area (Å²) in [6, 6.07) is 8.91. The minimum absolute atomic E-state index is 0.215. The van der Waals surface area contributed by atoms with E-state index in [-0.39, 0.29) is 12.1 Å². The highest BCUT2D eigenvalue weighted by atomic mass is 35.5. The van der Waals surface area contributed by atoms with Crippen molar-refractivity contribution in [3.63, 3.8) is 0 Å². The molecular formula is C16H25ClN2O. The number of ether oxygens (including phenoxy) is 1. The van der Waals surface area contributed by atoms with Gasteiger partial charge in [0.15, 0.2) is 0 Å². The standard InChI is InChI=1S/C16H25ClN2O/c1-12(2)19-8-9-20-16(11-19)15(18-3)10-13-6-4-5-7-14(13)17/h4-7,12,15-16,18H,8-11H2,1-3H3. The number of benzene rings is 1. The van der Waals surface area contributed by atoms with Crippen LogP contribution < -0.4 is 5.32 Å². The molecule has 0 saturated carbocycles. The molecule has 3 nitrogen and oxygen atoms in total. The average molecular weight is 297 g/mol. The van der Waals surface area contributed by atoms with Gasteiger partial charge >= 0.3 is 0 Å². The average Bonchev–Trinajstić information content (AvgIpc) is 2.46. The van der Waals surface area contributed by atoms with Crippen molar-refractivity contribution < 1.29 is 4.74 Å². The molecule has 1 aromatic rings. The number of hydrogen-bond donors (Lipinski definition) is 1. The topological polar surface area (TPSA) is 24.5 Å². The molecule has 0 aromatic heterocycles. The van der Waals surface area contributed by atoms with Crippen molar-refractivity contribution in [3.8, 4) is 0 Å². The maximum Gasteiger partial charge on any atom is 0.0858 e. The van der Waals surface area contributed by atoms with Crippen LogP contribution in [0.25, 0.3) is 0 Å².